The van der Waals surface area contributed by atoms with Crippen LogP contribution >= 0.6 is 0 Å². The summed E-state index contributed by atoms with van der Waals surface area (Å²) in [5.74, 6) is -0.587. The summed E-state index contributed by atoms with van der Waals surface area (Å²) in [6, 6.07) is 6.11. The molecule has 1 aromatic rings. The summed E-state index contributed by atoms with van der Waals surface area (Å²) in [4.78, 5) is 11.7. The van der Waals surface area contributed by atoms with Crippen LogP contribution in [0.3, 0.4) is 0 Å². The zero-order valence-electron chi connectivity index (χ0n) is 10.9. The monoisotopic (exact) mass is 263 g/mol. The van der Waals surface area contributed by atoms with Crippen molar-refractivity contribution >= 4 is 11.5 Å². The summed E-state index contributed by atoms with van der Waals surface area (Å²) >= 11 is 0. The van der Waals surface area contributed by atoms with Crippen molar-refractivity contribution in [1.29, 1.82) is 0 Å². The van der Waals surface area contributed by atoms with Crippen molar-refractivity contribution in [2.75, 3.05) is 6.54 Å². The van der Waals surface area contributed by atoms with Crippen LogP contribution in [-0.4, -0.2) is 23.2 Å². The van der Waals surface area contributed by atoms with Gasteiger partial charge in [0.2, 0.25) is 5.91 Å². The van der Waals surface area contributed by atoms with E-state index in [1.807, 2.05) is 0 Å². The number of allylic oxidation sites excluding steroid dienone is 1. The van der Waals surface area contributed by atoms with Crippen LogP contribution in [0, 0.1) is 5.82 Å². The van der Waals surface area contributed by atoms with Crippen molar-refractivity contribution in [1.82, 2.24) is 5.32 Å². The maximum Gasteiger partial charge on any atom is 0.244 e. The fraction of sp³-hybridized carbons (Fsp3) is 0.400. The molecule has 1 aromatic carbocycles. The van der Waals surface area contributed by atoms with E-state index in [2.05, 4.69) is 5.32 Å². The fourth-order valence-corrected chi connectivity index (χ4v) is 2.08. The SMILES string of the molecule is CC(=CC(=O)NCC1(O)CCC1)c1cccc(F)c1. The quantitative estimate of drug-likeness (QED) is 0.819. The van der Waals surface area contributed by atoms with Crippen LogP contribution in [0.4, 0.5) is 4.39 Å². The van der Waals surface area contributed by atoms with Gasteiger partial charge in [-0.3, -0.25) is 4.79 Å². The standard InChI is InChI=1S/C15H18FNO2/c1-11(12-4-2-5-13(16)9-12)8-14(18)17-10-15(19)6-3-7-15/h2,4-5,8-9,19H,3,6-7,10H2,1H3,(H,17,18). The van der Waals surface area contributed by atoms with Gasteiger partial charge in [0, 0.05) is 12.6 Å². The first-order chi connectivity index (χ1) is 8.98. The van der Waals surface area contributed by atoms with Crippen molar-refractivity contribution in [3.05, 3.63) is 41.7 Å². The second kappa shape index (κ2) is 5.53. The lowest BCUT2D eigenvalue weighted by Crippen LogP contribution is -2.47. The van der Waals surface area contributed by atoms with E-state index in [0.29, 0.717) is 11.1 Å². The first-order valence-corrected chi connectivity index (χ1v) is 6.43. The van der Waals surface area contributed by atoms with E-state index >= 15 is 0 Å². The molecule has 0 aromatic heterocycles. The average molecular weight is 263 g/mol. The number of benzene rings is 1. The molecule has 4 heteroatoms. The Morgan fingerprint density at radius 3 is 2.84 bits per heavy atom. The molecule has 1 aliphatic rings. The molecule has 3 nitrogen and oxygen atoms in total. The topological polar surface area (TPSA) is 49.3 Å². The highest BCUT2D eigenvalue weighted by Crippen LogP contribution is 2.30. The third kappa shape index (κ3) is 3.64. The van der Waals surface area contributed by atoms with Gasteiger partial charge in [0.15, 0.2) is 0 Å². The maximum atomic E-state index is 13.1. The van der Waals surface area contributed by atoms with Gasteiger partial charge in [0.25, 0.3) is 0 Å². The van der Waals surface area contributed by atoms with Crippen LogP contribution in [0.15, 0.2) is 30.3 Å². The Balaban J connectivity index is 1.94. The fourth-order valence-electron chi connectivity index (χ4n) is 2.08. The van der Waals surface area contributed by atoms with E-state index in [1.54, 1.807) is 19.1 Å². The van der Waals surface area contributed by atoms with Gasteiger partial charge in [0.1, 0.15) is 5.82 Å². The van der Waals surface area contributed by atoms with E-state index in [0.717, 1.165) is 19.3 Å². The van der Waals surface area contributed by atoms with Crippen LogP contribution in [0.1, 0.15) is 31.7 Å². The first-order valence-electron chi connectivity index (χ1n) is 6.43. The first kappa shape index (κ1) is 13.7. The lowest BCUT2D eigenvalue weighted by Gasteiger charge is -2.36. The van der Waals surface area contributed by atoms with Gasteiger partial charge in [0.05, 0.1) is 5.60 Å². The number of nitrogens with one attached hydrogen (secondary N) is 1. The number of hydrogen-bond acceptors (Lipinski definition) is 2. The Morgan fingerprint density at radius 2 is 2.26 bits per heavy atom. The third-order valence-corrected chi connectivity index (χ3v) is 3.50. The Kier molecular flexibility index (Phi) is 4.00. The number of hydrogen-bond donors (Lipinski definition) is 2. The molecule has 1 fully saturated rings. The highest BCUT2D eigenvalue weighted by molar-refractivity contribution is 5.94. The van der Waals surface area contributed by atoms with Gasteiger partial charge in [-0.05, 0) is 49.5 Å². The minimum Gasteiger partial charge on any atom is -0.388 e. The zero-order chi connectivity index (χ0) is 13.9. The van der Waals surface area contributed by atoms with E-state index < -0.39 is 5.60 Å². The molecule has 0 unspecified atom stereocenters. The molecule has 2 rings (SSSR count). The molecule has 0 radical (unpaired) electrons. The highest BCUT2D eigenvalue weighted by atomic mass is 19.1. The Hall–Kier alpha value is -1.68. The lowest BCUT2D eigenvalue weighted by molar-refractivity contribution is -0.118. The van der Waals surface area contributed by atoms with Crippen molar-refractivity contribution in [3.63, 3.8) is 0 Å². The van der Waals surface area contributed by atoms with Crippen molar-refractivity contribution in [3.8, 4) is 0 Å². The number of aliphatic hydroxyl groups is 1. The molecule has 2 N–H and O–H groups in total. The summed E-state index contributed by atoms with van der Waals surface area (Å²) in [6.07, 6.45) is 3.90. The molecule has 1 amide bonds. The molecule has 1 saturated carbocycles. The summed E-state index contributed by atoms with van der Waals surface area (Å²) in [6.45, 7) is 2.03. The third-order valence-electron chi connectivity index (χ3n) is 3.50. The number of carbonyl (C=O) groups is 1. The minimum absolute atomic E-state index is 0.262. The predicted molar refractivity (Wildman–Crippen MR) is 71.9 cm³/mol. The smallest absolute Gasteiger partial charge is 0.244 e. The Morgan fingerprint density at radius 1 is 1.53 bits per heavy atom. The van der Waals surface area contributed by atoms with Crippen LogP contribution in [-0.2, 0) is 4.79 Å². The largest absolute Gasteiger partial charge is 0.388 e. The molecule has 0 heterocycles. The van der Waals surface area contributed by atoms with Gasteiger partial charge in [-0.15, -0.1) is 0 Å². The number of halogens is 1. The van der Waals surface area contributed by atoms with Crippen LogP contribution in [0.2, 0.25) is 0 Å². The predicted octanol–water partition coefficient (Wildman–Crippen LogP) is 2.26. The number of rotatable bonds is 4. The van der Waals surface area contributed by atoms with Crippen molar-refractivity contribution in [2.24, 2.45) is 0 Å². The maximum absolute atomic E-state index is 13.1. The molecule has 0 atom stereocenters. The second-order valence-corrected chi connectivity index (χ2v) is 5.13. The lowest BCUT2D eigenvalue weighted by atomic mass is 9.80. The summed E-state index contributed by atoms with van der Waals surface area (Å²) in [5, 5.41) is 12.5. The van der Waals surface area contributed by atoms with Gasteiger partial charge < -0.3 is 10.4 Å². The van der Waals surface area contributed by atoms with Gasteiger partial charge >= 0.3 is 0 Å². The number of amides is 1. The minimum atomic E-state index is -0.726. The molecule has 0 saturated heterocycles. The van der Waals surface area contributed by atoms with Gasteiger partial charge in [-0.1, -0.05) is 12.1 Å². The van der Waals surface area contributed by atoms with Crippen LogP contribution in [0.25, 0.3) is 5.57 Å². The van der Waals surface area contributed by atoms with E-state index in [1.165, 1.54) is 18.2 Å². The zero-order valence-corrected chi connectivity index (χ0v) is 10.9. The van der Waals surface area contributed by atoms with Crippen LogP contribution < -0.4 is 5.32 Å². The molecule has 0 bridgehead atoms. The van der Waals surface area contributed by atoms with E-state index in [9.17, 15) is 14.3 Å². The Labute approximate surface area is 112 Å². The van der Waals surface area contributed by atoms with Crippen molar-refractivity contribution < 1.29 is 14.3 Å². The molecule has 102 valence electrons. The summed E-state index contributed by atoms with van der Waals surface area (Å²) < 4.78 is 13.1. The van der Waals surface area contributed by atoms with Gasteiger partial charge in [-0.2, -0.15) is 0 Å². The normalized spacial score (nSPS) is 17.7. The van der Waals surface area contributed by atoms with Crippen molar-refractivity contribution in [2.45, 2.75) is 31.8 Å². The molecule has 0 spiro atoms. The van der Waals surface area contributed by atoms with Crippen LogP contribution in [0.5, 0.6) is 0 Å². The molecule has 19 heavy (non-hydrogen) atoms. The van der Waals surface area contributed by atoms with Gasteiger partial charge in [-0.25, -0.2) is 4.39 Å². The molecule has 0 aliphatic heterocycles. The average Bonchev–Trinajstić information content (AvgIpc) is 2.34. The second-order valence-electron chi connectivity index (χ2n) is 5.13. The molecular formula is C15H18FNO2. The Bertz CT molecular complexity index is 507. The van der Waals surface area contributed by atoms with E-state index in [4.69, 9.17) is 0 Å². The molecule has 1 aliphatic carbocycles. The summed E-state index contributed by atoms with van der Waals surface area (Å²) in [5.41, 5.74) is 0.645. The summed E-state index contributed by atoms with van der Waals surface area (Å²) in [7, 11) is 0. The number of carbonyl (C=O) groups excluding carboxylic acids is 1. The van der Waals surface area contributed by atoms with E-state index in [-0.39, 0.29) is 18.3 Å². The highest BCUT2D eigenvalue weighted by Gasteiger charge is 2.34. The molecular weight excluding hydrogens is 245 g/mol.